The summed E-state index contributed by atoms with van der Waals surface area (Å²) in [6, 6.07) is 3.52. The molecule has 0 aliphatic carbocycles. The van der Waals surface area contributed by atoms with E-state index in [0.717, 1.165) is 0 Å². The van der Waals surface area contributed by atoms with Crippen LogP contribution in [0.25, 0.3) is 0 Å². The maximum atomic E-state index is 13.6. The molecule has 0 saturated carbocycles. The van der Waals surface area contributed by atoms with Gasteiger partial charge < -0.3 is 25.2 Å². The second-order valence-electron chi connectivity index (χ2n) is 10.5. The monoisotopic (exact) mass is 670 g/mol. The van der Waals surface area contributed by atoms with Gasteiger partial charge in [-0.3, -0.25) is 9.69 Å². The number of pyridine rings is 1. The zero-order valence-electron chi connectivity index (χ0n) is 25.5. The van der Waals surface area contributed by atoms with Gasteiger partial charge in [0.05, 0.1) is 66.3 Å². The Morgan fingerprint density at radius 2 is 1.72 bits per heavy atom. The second-order valence-corrected chi connectivity index (χ2v) is 10.5. The number of nitrogens with zero attached hydrogens (tertiary/aromatic N) is 4. The molecule has 4 rings (SSSR count). The molecule has 0 unspecified atom stereocenters. The molecule has 2 atom stereocenters. The number of carboxylic acids is 1. The van der Waals surface area contributed by atoms with Gasteiger partial charge >= 0.3 is 24.4 Å². The Labute approximate surface area is 265 Å². The number of nitrogens with one attached hydrogen (secondary N) is 2. The zero-order valence-corrected chi connectivity index (χ0v) is 25.5. The number of hydrogen-bond donors (Lipinski definition) is 3. The van der Waals surface area contributed by atoms with E-state index in [1.807, 2.05) is 6.92 Å². The fourth-order valence-corrected chi connectivity index (χ4v) is 5.17. The van der Waals surface area contributed by atoms with Crippen LogP contribution in [0.1, 0.15) is 67.2 Å². The first-order chi connectivity index (χ1) is 22.1. The Morgan fingerprint density at radius 1 is 1.04 bits per heavy atom. The number of halogens is 6. The predicted molar refractivity (Wildman–Crippen MR) is 157 cm³/mol. The highest BCUT2D eigenvalue weighted by Crippen LogP contribution is 2.41. The lowest BCUT2D eigenvalue weighted by Crippen LogP contribution is -2.46. The number of methoxy groups -OCH3 is 1. The van der Waals surface area contributed by atoms with Crippen LogP contribution in [0.15, 0.2) is 36.5 Å². The van der Waals surface area contributed by atoms with E-state index >= 15 is 0 Å². The number of rotatable bonds is 11. The number of carboxylic acid groups (broad SMARTS) is 1. The lowest BCUT2D eigenvalue weighted by molar-refractivity contribution is -0.143. The van der Waals surface area contributed by atoms with Crippen LogP contribution in [-0.2, 0) is 28.3 Å². The summed E-state index contributed by atoms with van der Waals surface area (Å²) in [6.45, 7) is 3.59. The maximum Gasteiger partial charge on any atom is 0.416 e. The second kappa shape index (κ2) is 14.3. The topological polar surface area (TPSA) is 139 Å². The Balaban J connectivity index is 1.76. The van der Waals surface area contributed by atoms with Crippen molar-refractivity contribution < 1.29 is 50.5 Å². The van der Waals surface area contributed by atoms with Crippen LogP contribution in [0, 0.1) is 0 Å². The number of hydrogen-bond acceptors (Lipinski definition) is 9. The van der Waals surface area contributed by atoms with Crippen molar-refractivity contribution in [1.82, 2.24) is 15.0 Å². The first-order valence-corrected chi connectivity index (χ1v) is 14.5. The van der Waals surface area contributed by atoms with Crippen LogP contribution < -0.4 is 20.3 Å². The van der Waals surface area contributed by atoms with Gasteiger partial charge in [-0.1, -0.05) is 6.92 Å². The van der Waals surface area contributed by atoms with E-state index in [0.29, 0.717) is 36.4 Å². The summed E-state index contributed by atoms with van der Waals surface area (Å²) in [6.07, 6.45) is -9.39. The summed E-state index contributed by atoms with van der Waals surface area (Å²) in [5.41, 5.74) is -2.33. The van der Waals surface area contributed by atoms with Crippen molar-refractivity contribution in [3.8, 4) is 5.88 Å². The third kappa shape index (κ3) is 8.51. The molecule has 1 aliphatic rings. The van der Waals surface area contributed by atoms with Gasteiger partial charge in [-0.25, -0.2) is 19.7 Å². The van der Waals surface area contributed by atoms with Crippen molar-refractivity contribution >= 4 is 29.4 Å². The predicted octanol–water partition coefficient (Wildman–Crippen LogP) is 6.69. The summed E-state index contributed by atoms with van der Waals surface area (Å²) < 4.78 is 91.9. The summed E-state index contributed by atoms with van der Waals surface area (Å²) in [7, 11) is 1.42. The number of anilines is 3. The van der Waals surface area contributed by atoms with Crippen LogP contribution in [-0.4, -0.2) is 58.4 Å². The van der Waals surface area contributed by atoms with Gasteiger partial charge in [0.1, 0.15) is 0 Å². The number of aliphatic carboxylic acids is 1. The Kier molecular flexibility index (Phi) is 10.7. The van der Waals surface area contributed by atoms with Crippen LogP contribution in [0.5, 0.6) is 5.88 Å². The minimum Gasteiger partial charge on any atom is -0.481 e. The molecule has 47 heavy (non-hydrogen) atoms. The molecule has 1 aromatic carbocycles. The van der Waals surface area contributed by atoms with E-state index in [1.54, 1.807) is 19.1 Å². The summed E-state index contributed by atoms with van der Waals surface area (Å²) in [5, 5.41) is 15.0. The molecule has 0 bridgehead atoms. The minimum atomic E-state index is -5.05. The largest absolute Gasteiger partial charge is 0.481 e. The zero-order chi connectivity index (χ0) is 34.5. The van der Waals surface area contributed by atoms with E-state index in [-0.39, 0.29) is 60.5 Å². The fraction of sp³-hybridized carbons (Fsp3) is 0.433. The van der Waals surface area contributed by atoms with Crippen molar-refractivity contribution in [2.24, 2.45) is 0 Å². The quantitative estimate of drug-likeness (QED) is 0.189. The van der Waals surface area contributed by atoms with E-state index in [2.05, 4.69) is 25.6 Å². The Morgan fingerprint density at radius 3 is 2.30 bits per heavy atom. The van der Waals surface area contributed by atoms with Gasteiger partial charge in [0, 0.05) is 25.1 Å². The highest BCUT2D eigenvalue weighted by atomic mass is 19.4. The summed E-state index contributed by atoms with van der Waals surface area (Å²) in [5.74, 6) is -0.919. The summed E-state index contributed by atoms with van der Waals surface area (Å²) >= 11 is 0. The molecule has 0 spiro atoms. The lowest BCUT2D eigenvalue weighted by atomic mass is 9.93. The molecule has 254 valence electrons. The molecule has 1 amide bonds. The molecule has 3 aromatic rings. The van der Waals surface area contributed by atoms with Crippen molar-refractivity contribution in [3.63, 3.8) is 0 Å². The minimum absolute atomic E-state index is 0.00941. The molecule has 0 radical (unpaired) electrons. The number of aromatic nitrogens is 3. The number of alkyl halides is 6. The first kappa shape index (κ1) is 35.0. The van der Waals surface area contributed by atoms with Gasteiger partial charge in [0.15, 0.2) is 0 Å². The van der Waals surface area contributed by atoms with Crippen LogP contribution in [0.4, 0.5) is 48.5 Å². The average Bonchev–Trinajstić information content (AvgIpc) is 3.00. The Hall–Kier alpha value is -4.83. The van der Waals surface area contributed by atoms with Gasteiger partial charge in [0.25, 0.3) is 0 Å². The smallest absolute Gasteiger partial charge is 0.416 e. The molecule has 2 aromatic heterocycles. The van der Waals surface area contributed by atoms with E-state index in [1.165, 1.54) is 18.2 Å². The van der Waals surface area contributed by atoms with Gasteiger partial charge in [-0.15, -0.1) is 0 Å². The van der Waals surface area contributed by atoms with Gasteiger partial charge in [0.2, 0.25) is 11.8 Å². The number of carbonyl (C=O) groups excluding carboxylic acids is 1. The molecule has 11 nitrogen and oxygen atoms in total. The summed E-state index contributed by atoms with van der Waals surface area (Å²) in [4.78, 5) is 38.7. The lowest BCUT2D eigenvalue weighted by Gasteiger charge is -2.39. The molecule has 0 fully saturated rings. The first-order valence-electron chi connectivity index (χ1n) is 14.5. The van der Waals surface area contributed by atoms with Gasteiger partial charge in [-0.05, 0) is 49.6 Å². The highest BCUT2D eigenvalue weighted by molar-refractivity contribution is 5.90. The number of benzene rings is 1. The standard InChI is InChI=1S/C30H32F6N6O5/c1-4-19-14-21(26-23(6-7-24(41-26)46-3)42(19)28(45)47-5-2)40-27-38-15-22(37-9-8-25(43)44)20(39-27)12-16-10-17(29(31,32)33)13-18(11-16)30(34,35)36/h6-7,10-11,13,15,19,21,37H,4-5,8-9,12,14H2,1-3H3,(H,43,44)(H,38,39,40)/t19-,21+/m1/s1. The third-order valence-corrected chi connectivity index (χ3v) is 7.33. The van der Waals surface area contributed by atoms with Crippen LogP contribution >= 0.6 is 0 Å². The highest BCUT2D eigenvalue weighted by Gasteiger charge is 2.39. The van der Waals surface area contributed by atoms with Gasteiger partial charge in [-0.2, -0.15) is 26.3 Å². The van der Waals surface area contributed by atoms with Crippen molar-refractivity contribution in [1.29, 1.82) is 0 Å². The molecular formula is C30H32F6N6O5. The molecule has 3 heterocycles. The van der Waals surface area contributed by atoms with Crippen LogP contribution in [0.2, 0.25) is 0 Å². The van der Waals surface area contributed by atoms with E-state index in [4.69, 9.17) is 14.6 Å². The number of ether oxygens (including phenoxy) is 2. The fourth-order valence-electron chi connectivity index (χ4n) is 5.17. The SMILES string of the molecule is CCOC(=O)N1c2ccc(OC)nc2[C@@H](Nc2ncc(NCCC(=O)O)c(Cc3cc(C(F)(F)F)cc(C(F)(F)F)c3)n2)C[C@H]1CC. The van der Waals surface area contributed by atoms with Crippen molar-refractivity contribution in [2.45, 2.75) is 64.0 Å². The molecule has 0 saturated heterocycles. The maximum absolute atomic E-state index is 13.6. The Bertz CT molecular complexity index is 1570. The number of fused-ring (bicyclic) bond motifs is 1. The molecule has 1 aliphatic heterocycles. The van der Waals surface area contributed by atoms with Crippen molar-refractivity contribution in [3.05, 3.63) is 64.6 Å². The number of carbonyl (C=O) groups is 2. The van der Waals surface area contributed by atoms with E-state index < -0.39 is 48.0 Å². The average molecular weight is 671 g/mol. The van der Waals surface area contributed by atoms with Crippen molar-refractivity contribution in [2.75, 3.05) is 35.8 Å². The number of amides is 1. The normalized spacial score (nSPS) is 16.3. The molecular weight excluding hydrogens is 638 g/mol. The third-order valence-electron chi connectivity index (χ3n) is 7.33. The molecule has 17 heteroatoms. The van der Waals surface area contributed by atoms with Crippen LogP contribution in [0.3, 0.4) is 0 Å². The molecule has 3 N–H and O–H groups in total. The van der Waals surface area contributed by atoms with E-state index in [9.17, 15) is 35.9 Å².